The van der Waals surface area contributed by atoms with Crippen LogP contribution in [0.15, 0.2) is 0 Å². The molecule has 0 saturated carbocycles. The molecule has 1 saturated heterocycles. The predicted molar refractivity (Wildman–Crippen MR) is 59.9 cm³/mol. The molecule has 0 aromatic carbocycles. The van der Waals surface area contributed by atoms with E-state index in [1.807, 2.05) is 7.05 Å². The van der Waals surface area contributed by atoms with Crippen molar-refractivity contribution in [3.8, 4) is 0 Å². The molecule has 0 aromatic rings. The molecule has 1 aliphatic heterocycles. The zero-order chi connectivity index (χ0) is 12.9. The van der Waals surface area contributed by atoms with Crippen LogP contribution in [0.2, 0.25) is 0 Å². The smallest absolute Gasteiger partial charge is 0.381 e. The zero-order valence-electron chi connectivity index (χ0n) is 10.4. The van der Waals surface area contributed by atoms with E-state index in [2.05, 4.69) is 5.32 Å². The Kier molecular flexibility index (Phi) is 5.69. The van der Waals surface area contributed by atoms with Gasteiger partial charge in [0.05, 0.1) is 13.2 Å². The molecule has 2 atom stereocenters. The fraction of sp³-hybridized carbons (Fsp3) is 1.00. The molecule has 1 heterocycles. The molecule has 1 aliphatic rings. The van der Waals surface area contributed by atoms with E-state index >= 15 is 0 Å². The third-order valence-corrected chi connectivity index (χ3v) is 3.19. The van der Waals surface area contributed by atoms with Crippen molar-refractivity contribution in [2.45, 2.75) is 25.6 Å². The maximum absolute atomic E-state index is 12.3. The van der Waals surface area contributed by atoms with Gasteiger partial charge in [0.2, 0.25) is 0 Å². The van der Waals surface area contributed by atoms with Crippen molar-refractivity contribution in [1.29, 1.82) is 0 Å². The predicted octanol–water partition coefficient (Wildman–Crippen LogP) is 1.50. The van der Waals surface area contributed by atoms with Crippen LogP contribution in [-0.2, 0) is 4.74 Å². The van der Waals surface area contributed by atoms with E-state index in [-0.39, 0.29) is 12.0 Å². The normalized spacial score (nSPS) is 26.5. The first-order valence-corrected chi connectivity index (χ1v) is 6.00. The maximum atomic E-state index is 12.3. The van der Waals surface area contributed by atoms with Crippen molar-refractivity contribution in [2.24, 2.45) is 5.92 Å². The second-order valence-corrected chi connectivity index (χ2v) is 4.46. The molecule has 0 amide bonds. The number of alkyl halides is 3. The quantitative estimate of drug-likeness (QED) is 0.804. The minimum Gasteiger partial charge on any atom is -0.381 e. The summed E-state index contributed by atoms with van der Waals surface area (Å²) in [5, 5.41) is 3.16. The average molecular weight is 254 g/mol. The van der Waals surface area contributed by atoms with Crippen LogP contribution in [0.1, 0.15) is 13.3 Å². The summed E-state index contributed by atoms with van der Waals surface area (Å²) in [6.45, 7) is 2.99. The number of nitrogens with zero attached hydrogens (tertiary/aromatic N) is 1. The van der Waals surface area contributed by atoms with Gasteiger partial charge in [0, 0.05) is 25.1 Å². The minimum absolute atomic E-state index is 0.135. The number of ether oxygens (including phenoxy) is 1. The Balaban J connectivity index is 2.48. The van der Waals surface area contributed by atoms with Crippen LogP contribution in [0.25, 0.3) is 0 Å². The molecule has 17 heavy (non-hydrogen) atoms. The summed E-state index contributed by atoms with van der Waals surface area (Å²) in [5.74, 6) is 0.135. The van der Waals surface area contributed by atoms with E-state index in [1.165, 1.54) is 4.90 Å². The fourth-order valence-electron chi connectivity index (χ4n) is 2.25. The molecule has 2 unspecified atom stereocenters. The third-order valence-electron chi connectivity index (χ3n) is 3.19. The van der Waals surface area contributed by atoms with Crippen LogP contribution >= 0.6 is 0 Å². The lowest BCUT2D eigenvalue weighted by atomic mass is 9.95. The third kappa shape index (κ3) is 5.23. The summed E-state index contributed by atoms with van der Waals surface area (Å²) >= 11 is 0. The number of nitrogens with one attached hydrogen (secondary N) is 1. The first kappa shape index (κ1) is 14.7. The summed E-state index contributed by atoms with van der Waals surface area (Å²) in [5.41, 5.74) is 0. The van der Waals surface area contributed by atoms with E-state index in [9.17, 15) is 13.2 Å². The maximum Gasteiger partial charge on any atom is 0.401 e. The SMILES string of the molecule is CCN(CC1COCCC1NC)CC(F)(F)F. The molecule has 0 spiro atoms. The lowest BCUT2D eigenvalue weighted by molar-refractivity contribution is -0.148. The summed E-state index contributed by atoms with van der Waals surface area (Å²) < 4.78 is 42.4. The Morgan fingerprint density at radius 2 is 2.12 bits per heavy atom. The Morgan fingerprint density at radius 3 is 2.65 bits per heavy atom. The van der Waals surface area contributed by atoms with Gasteiger partial charge in [0.1, 0.15) is 0 Å². The molecule has 3 nitrogen and oxygen atoms in total. The second kappa shape index (κ2) is 6.56. The molecule has 1 rings (SSSR count). The molecular formula is C11H21F3N2O. The molecule has 0 aliphatic carbocycles. The number of hydrogen-bond donors (Lipinski definition) is 1. The average Bonchev–Trinajstić information content (AvgIpc) is 2.27. The van der Waals surface area contributed by atoms with Gasteiger partial charge in [-0.3, -0.25) is 4.90 Å². The standard InChI is InChI=1S/C11H21F3N2O/c1-3-16(8-11(12,13)14)6-9-7-17-5-4-10(9)15-2/h9-10,15H,3-8H2,1-2H3. The molecular weight excluding hydrogens is 233 g/mol. The van der Waals surface area contributed by atoms with Crippen LogP contribution in [0.5, 0.6) is 0 Å². The van der Waals surface area contributed by atoms with Crippen molar-refractivity contribution >= 4 is 0 Å². The van der Waals surface area contributed by atoms with Crippen LogP contribution in [0, 0.1) is 5.92 Å². The lowest BCUT2D eigenvalue weighted by Gasteiger charge is -2.35. The molecule has 0 bridgehead atoms. The van der Waals surface area contributed by atoms with Crippen LogP contribution in [-0.4, -0.2) is 57.0 Å². The summed E-state index contributed by atoms with van der Waals surface area (Å²) in [4.78, 5) is 1.43. The van der Waals surface area contributed by atoms with Crippen molar-refractivity contribution in [3.63, 3.8) is 0 Å². The Labute approximate surface area is 100 Å². The van der Waals surface area contributed by atoms with E-state index in [1.54, 1.807) is 6.92 Å². The van der Waals surface area contributed by atoms with Gasteiger partial charge < -0.3 is 10.1 Å². The Hall–Kier alpha value is -0.330. The second-order valence-electron chi connectivity index (χ2n) is 4.46. The molecule has 6 heteroatoms. The van der Waals surface area contributed by atoms with Gasteiger partial charge in [0.15, 0.2) is 0 Å². The highest BCUT2D eigenvalue weighted by molar-refractivity contribution is 4.81. The monoisotopic (exact) mass is 254 g/mol. The highest BCUT2D eigenvalue weighted by Crippen LogP contribution is 2.20. The van der Waals surface area contributed by atoms with Crippen LogP contribution < -0.4 is 5.32 Å². The van der Waals surface area contributed by atoms with Crippen molar-refractivity contribution < 1.29 is 17.9 Å². The fourth-order valence-corrected chi connectivity index (χ4v) is 2.25. The highest BCUT2D eigenvalue weighted by atomic mass is 19.4. The van der Waals surface area contributed by atoms with Crippen LogP contribution in [0.3, 0.4) is 0 Å². The number of rotatable bonds is 5. The molecule has 102 valence electrons. The molecule has 0 aromatic heterocycles. The van der Waals surface area contributed by atoms with Gasteiger partial charge in [0.25, 0.3) is 0 Å². The summed E-state index contributed by atoms with van der Waals surface area (Å²) in [6.07, 6.45) is -3.26. The topological polar surface area (TPSA) is 24.5 Å². The van der Waals surface area contributed by atoms with Gasteiger partial charge >= 0.3 is 6.18 Å². The Morgan fingerprint density at radius 1 is 1.41 bits per heavy atom. The summed E-state index contributed by atoms with van der Waals surface area (Å²) in [6, 6.07) is 0.256. The van der Waals surface area contributed by atoms with Gasteiger partial charge in [-0.15, -0.1) is 0 Å². The number of halogens is 3. The van der Waals surface area contributed by atoms with Gasteiger partial charge in [-0.05, 0) is 20.0 Å². The molecule has 1 N–H and O–H groups in total. The van der Waals surface area contributed by atoms with Crippen molar-refractivity contribution in [1.82, 2.24) is 10.2 Å². The minimum atomic E-state index is -4.12. The lowest BCUT2D eigenvalue weighted by Crippen LogP contribution is -2.48. The summed E-state index contributed by atoms with van der Waals surface area (Å²) in [7, 11) is 1.85. The molecule has 0 radical (unpaired) electrons. The van der Waals surface area contributed by atoms with Gasteiger partial charge in [-0.2, -0.15) is 13.2 Å². The van der Waals surface area contributed by atoms with Gasteiger partial charge in [-0.25, -0.2) is 0 Å². The largest absolute Gasteiger partial charge is 0.401 e. The van der Waals surface area contributed by atoms with Gasteiger partial charge in [-0.1, -0.05) is 6.92 Å². The first-order valence-electron chi connectivity index (χ1n) is 6.00. The first-order chi connectivity index (χ1) is 7.96. The number of hydrogen-bond acceptors (Lipinski definition) is 3. The van der Waals surface area contributed by atoms with E-state index in [0.717, 1.165) is 6.42 Å². The Bertz CT molecular complexity index is 223. The van der Waals surface area contributed by atoms with E-state index in [0.29, 0.717) is 26.3 Å². The molecule has 1 fully saturated rings. The van der Waals surface area contributed by atoms with Crippen molar-refractivity contribution in [2.75, 3.05) is 39.9 Å². The van der Waals surface area contributed by atoms with Crippen molar-refractivity contribution in [3.05, 3.63) is 0 Å². The van der Waals surface area contributed by atoms with E-state index < -0.39 is 12.7 Å². The van der Waals surface area contributed by atoms with Crippen LogP contribution in [0.4, 0.5) is 13.2 Å². The zero-order valence-corrected chi connectivity index (χ0v) is 10.4. The van der Waals surface area contributed by atoms with E-state index in [4.69, 9.17) is 4.74 Å². The highest BCUT2D eigenvalue weighted by Gasteiger charge is 2.33.